The highest BCUT2D eigenvalue weighted by Gasteiger charge is 2.19. The van der Waals surface area contributed by atoms with Crippen molar-refractivity contribution in [2.75, 3.05) is 33.0 Å². The summed E-state index contributed by atoms with van der Waals surface area (Å²) >= 11 is 0. The fraction of sp³-hybridized carbons (Fsp3) is 0.368. The Hall–Kier alpha value is -2.64. The van der Waals surface area contributed by atoms with Gasteiger partial charge < -0.3 is 9.47 Å². The van der Waals surface area contributed by atoms with Crippen molar-refractivity contribution >= 4 is 11.0 Å². The van der Waals surface area contributed by atoms with Crippen LogP contribution in [0.4, 0.5) is 0 Å². The maximum atomic E-state index is 5.47. The van der Waals surface area contributed by atoms with Crippen LogP contribution in [-0.2, 0) is 13.2 Å². The lowest BCUT2D eigenvalue weighted by Crippen LogP contribution is -2.46. The van der Waals surface area contributed by atoms with Gasteiger partial charge in [-0.15, -0.1) is 5.10 Å². The molecule has 0 spiro atoms. The van der Waals surface area contributed by atoms with Crippen LogP contribution < -0.4 is 9.47 Å². The van der Waals surface area contributed by atoms with Gasteiger partial charge in [0.05, 0.1) is 12.2 Å². The van der Waals surface area contributed by atoms with Gasteiger partial charge in [-0.05, 0) is 29.8 Å². The molecule has 3 aromatic rings. The van der Waals surface area contributed by atoms with E-state index in [0.29, 0.717) is 6.79 Å². The van der Waals surface area contributed by atoms with Crippen LogP contribution in [-0.4, -0.2) is 57.8 Å². The van der Waals surface area contributed by atoms with Gasteiger partial charge in [-0.2, -0.15) is 0 Å². The smallest absolute Gasteiger partial charge is 0.231 e. The van der Waals surface area contributed by atoms with E-state index in [2.05, 4.69) is 38.3 Å². The first kappa shape index (κ1) is 15.6. The molecular formula is C19H21N5O2. The summed E-state index contributed by atoms with van der Waals surface area (Å²) in [6, 6.07) is 14.3. The van der Waals surface area contributed by atoms with Crippen molar-refractivity contribution in [1.29, 1.82) is 0 Å². The zero-order valence-electron chi connectivity index (χ0n) is 14.5. The van der Waals surface area contributed by atoms with Crippen molar-refractivity contribution in [2.45, 2.75) is 13.2 Å². The van der Waals surface area contributed by atoms with Crippen LogP contribution in [0.1, 0.15) is 5.56 Å². The number of nitrogens with zero attached hydrogens (tertiary/aromatic N) is 5. The second kappa shape index (κ2) is 6.59. The van der Waals surface area contributed by atoms with E-state index in [1.165, 1.54) is 5.56 Å². The third-order valence-corrected chi connectivity index (χ3v) is 5.06. The first-order valence-corrected chi connectivity index (χ1v) is 8.97. The second-order valence-electron chi connectivity index (χ2n) is 6.80. The normalized spacial score (nSPS) is 17.8. The number of hydrogen-bond acceptors (Lipinski definition) is 6. The average Bonchev–Trinajstić information content (AvgIpc) is 3.30. The third-order valence-electron chi connectivity index (χ3n) is 5.06. The van der Waals surface area contributed by atoms with E-state index in [-0.39, 0.29) is 0 Å². The summed E-state index contributed by atoms with van der Waals surface area (Å²) in [5, 5.41) is 8.53. The van der Waals surface area contributed by atoms with Crippen LogP contribution in [0.2, 0.25) is 0 Å². The minimum Gasteiger partial charge on any atom is -0.454 e. The van der Waals surface area contributed by atoms with E-state index < -0.39 is 0 Å². The highest BCUT2D eigenvalue weighted by Crippen LogP contribution is 2.32. The fourth-order valence-electron chi connectivity index (χ4n) is 3.60. The van der Waals surface area contributed by atoms with E-state index in [1.54, 1.807) is 0 Å². The standard InChI is InChI=1S/C19H21N5O2/c1-2-4-17-16(3-1)20-21-24(17)13-23-9-7-22(8-10-23)12-15-5-6-18-19(11-15)26-14-25-18/h1-6,11H,7-10,12-14H2. The van der Waals surface area contributed by atoms with E-state index in [9.17, 15) is 0 Å². The maximum Gasteiger partial charge on any atom is 0.231 e. The summed E-state index contributed by atoms with van der Waals surface area (Å²) in [5.74, 6) is 1.71. The van der Waals surface area contributed by atoms with Gasteiger partial charge >= 0.3 is 0 Å². The Morgan fingerprint density at radius 3 is 2.62 bits per heavy atom. The summed E-state index contributed by atoms with van der Waals surface area (Å²) in [6.07, 6.45) is 0. The summed E-state index contributed by atoms with van der Waals surface area (Å²) in [5.41, 5.74) is 3.31. The van der Waals surface area contributed by atoms with E-state index >= 15 is 0 Å². The van der Waals surface area contributed by atoms with Gasteiger partial charge in [0, 0.05) is 32.7 Å². The highest BCUT2D eigenvalue weighted by molar-refractivity contribution is 5.73. The number of benzene rings is 2. The molecule has 134 valence electrons. The number of rotatable bonds is 4. The number of hydrogen-bond donors (Lipinski definition) is 0. The first-order valence-electron chi connectivity index (χ1n) is 8.97. The Kier molecular flexibility index (Phi) is 3.95. The molecule has 0 unspecified atom stereocenters. The predicted molar refractivity (Wildman–Crippen MR) is 96.9 cm³/mol. The molecule has 0 amide bonds. The molecule has 3 heterocycles. The molecule has 1 saturated heterocycles. The van der Waals surface area contributed by atoms with Gasteiger partial charge in [-0.3, -0.25) is 9.80 Å². The maximum absolute atomic E-state index is 5.47. The van der Waals surface area contributed by atoms with Crippen molar-refractivity contribution in [1.82, 2.24) is 24.8 Å². The zero-order valence-corrected chi connectivity index (χ0v) is 14.5. The van der Waals surface area contributed by atoms with Gasteiger partial charge in [0.25, 0.3) is 0 Å². The lowest BCUT2D eigenvalue weighted by atomic mass is 10.1. The third kappa shape index (κ3) is 3.00. The minimum absolute atomic E-state index is 0.328. The minimum atomic E-state index is 0.328. The molecular weight excluding hydrogens is 330 g/mol. The van der Waals surface area contributed by atoms with Crippen LogP contribution in [0.15, 0.2) is 42.5 Å². The number of piperazine rings is 1. The van der Waals surface area contributed by atoms with Crippen molar-refractivity contribution in [3.05, 3.63) is 48.0 Å². The lowest BCUT2D eigenvalue weighted by Gasteiger charge is -2.34. The zero-order chi connectivity index (χ0) is 17.3. The van der Waals surface area contributed by atoms with Gasteiger partial charge in [0.15, 0.2) is 11.5 Å². The molecule has 5 rings (SSSR count). The van der Waals surface area contributed by atoms with Crippen LogP contribution >= 0.6 is 0 Å². The molecule has 2 aromatic carbocycles. The summed E-state index contributed by atoms with van der Waals surface area (Å²) in [4.78, 5) is 4.91. The van der Waals surface area contributed by atoms with Crippen molar-refractivity contribution < 1.29 is 9.47 Å². The van der Waals surface area contributed by atoms with Crippen molar-refractivity contribution in [3.63, 3.8) is 0 Å². The molecule has 0 saturated carbocycles. The van der Waals surface area contributed by atoms with Gasteiger partial charge in [-0.25, -0.2) is 4.68 Å². The molecule has 7 heteroatoms. The van der Waals surface area contributed by atoms with Gasteiger partial charge in [0.2, 0.25) is 6.79 Å². The Bertz CT molecular complexity index is 917. The molecule has 2 aliphatic heterocycles. The molecule has 1 fully saturated rings. The fourth-order valence-corrected chi connectivity index (χ4v) is 3.60. The van der Waals surface area contributed by atoms with Crippen molar-refractivity contribution in [2.24, 2.45) is 0 Å². The quantitative estimate of drug-likeness (QED) is 0.716. The second-order valence-corrected chi connectivity index (χ2v) is 6.80. The van der Waals surface area contributed by atoms with E-state index in [1.807, 2.05) is 28.9 Å². The molecule has 2 aliphatic rings. The van der Waals surface area contributed by atoms with Crippen LogP contribution in [0.5, 0.6) is 11.5 Å². The molecule has 1 aromatic heterocycles. The molecule has 0 bridgehead atoms. The first-order chi connectivity index (χ1) is 12.8. The largest absolute Gasteiger partial charge is 0.454 e. The van der Waals surface area contributed by atoms with E-state index in [0.717, 1.165) is 61.9 Å². The highest BCUT2D eigenvalue weighted by atomic mass is 16.7. The molecule has 7 nitrogen and oxygen atoms in total. The summed E-state index contributed by atoms with van der Waals surface area (Å²) in [6.45, 7) is 6.20. The Morgan fingerprint density at radius 1 is 0.885 bits per heavy atom. The number of fused-ring (bicyclic) bond motifs is 2. The molecule has 26 heavy (non-hydrogen) atoms. The predicted octanol–water partition coefficient (Wildman–Crippen LogP) is 1.94. The summed E-state index contributed by atoms with van der Waals surface area (Å²) in [7, 11) is 0. The molecule has 0 atom stereocenters. The number of aromatic nitrogens is 3. The van der Waals surface area contributed by atoms with E-state index in [4.69, 9.17) is 9.47 Å². The lowest BCUT2D eigenvalue weighted by molar-refractivity contribution is 0.0995. The molecule has 0 radical (unpaired) electrons. The van der Waals surface area contributed by atoms with Crippen LogP contribution in [0.3, 0.4) is 0 Å². The Balaban J connectivity index is 1.18. The average molecular weight is 351 g/mol. The number of ether oxygens (including phenoxy) is 2. The number of para-hydroxylation sites is 1. The summed E-state index contributed by atoms with van der Waals surface area (Å²) < 4.78 is 12.8. The molecule has 0 aliphatic carbocycles. The van der Waals surface area contributed by atoms with Gasteiger partial charge in [0.1, 0.15) is 5.52 Å². The van der Waals surface area contributed by atoms with Crippen LogP contribution in [0.25, 0.3) is 11.0 Å². The Labute approximate surface area is 151 Å². The monoisotopic (exact) mass is 351 g/mol. The SMILES string of the molecule is c1ccc2c(c1)nnn2CN1CCN(Cc2ccc3c(c2)OCO3)CC1. The molecule has 0 N–H and O–H groups in total. The van der Waals surface area contributed by atoms with Gasteiger partial charge in [-0.1, -0.05) is 23.4 Å². The Morgan fingerprint density at radius 2 is 1.69 bits per heavy atom. The van der Waals surface area contributed by atoms with Crippen LogP contribution in [0, 0.1) is 0 Å². The van der Waals surface area contributed by atoms with Crippen molar-refractivity contribution in [3.8, 4) is 11.5 Å². The topological polar surface area (TPSA) is 55.7 Å².